The van der Waals surface area contributed by atoms with E-state index in [2.05, 4.69) is 99.9 Å². The van der Waals surface area contributed by atoms with Crippen LogP contribution in [0.5, 0.6) is 0 Å². The molecule has 0 spiro atoms. The third-order valence-corrected chi connectivity index (χ3v) is 9.94. The average molecular weight is 611 g/mol. The molecule has 9 heteroatoms. The smallest absolute Gasteiger partial charge is 0.164 e. The maximum Gasteiger partial charge on any atom is 0.164 e. The van der Waals surface area contributed by atoms with Crippen LogP contribution in [0.15, 0.2) is 126 Å². The van der Waals surface area contributed by atoms with Crippen molar-refractivity contribution in [3.63, 3.8) is 0 Å². The highest BCUT2D eigenvalue weighted by Crippen LogP contribution is 2.38. The summed E-state index contributed by atoms with van der Waals surface area (Å²) in [5, 5.41) is 2.12. The van der Waals surface area contributed by atoms with Crippen LogP contribution in [0.25, 0.3) is 78.4 Å². The molecule has 0 N–H and O–H groups in total. The molecular weight excluding hydrogens is 581 g/mol. The van der Waals surface area contributed by atoms with Crippen LogP contribution in [0, 0.1) is 0 Å². The van der Waals surface area contributed by atoms with E-state index >= 15 is 0 Å². The van der Waals surface area contributed by atoms with E-state index in [1.54, 1.807) is 0 Å². The number of hydrogen-bond donors (Lipinski definition) is 0. The van der Waals surface area contributed by atoms with Crippen molar-refractivity contribution < 1.29 is 4.42 Å². The van der Waals surface area contributed by atoms with Gasteiger partial charge in [0.1, 0.15) is 50.4 Å². The van der Waals surface area contributed by atoms with Crippen LogP contribution in [0.1, 0.15) is 0 Å². The standard InChI is InChI=1S/C39H30B5N3O/c40-32-30(33(41)35(43)36(44)34(32)42)22-14-16-24(17-15-22)38-45-37(23-10-5-2-6-11-23)46-39(47-38)25-18-19-28-27(20-25)31-26(12-7-13-29(31)48-28)21-8-3-1-4-9-21/h1-20H,40-44H2. The first-order valence-electron chi connectivity index (χ1n) is 16.4. The molecular formula is C39H30B5N3O. The molecule has 4 nitrogen and oxygen atoms in total. The van der Waals surface area contributed by atoms with E-state index in [9.17, 15) is 0 Å². The number of hydrogen-bond acceptors (Lipinski definition) is 4. The summed E-state index contributed by atoms with van der Waals surface area (Å²) >= 11 is 0. The number of aromatic nitrogens is 3. The molecule has 0 atom stereocenters. The summed E-state index contributed by atoms with van der Waals surface area (Å²) in [5.74, 6) is 1.89. The first-order chi connectivity index (χ1) is 23.4. The second kappa shape index (κ2) is 11.9. The van der Waals surface area contributed by atoms with E-state index in [0.717, 1.165) is 49.8 Å². The summed E-state index contributed by atoms with van der Waals surface area (Å²) < 4.78 is 6.32. The van der Waals surface area contributed by atoms with E-state index in [4.69, 9.17) is 19.4 Å². The van der Waals surface area contributed by atoms with Crippen LogP contribution < -0.4 is 27.3 Å². The van der Waals surface area contributed by atoms with Gasteiger partial charge in [0.2, 0.25) is 0 Å². The van der Waals surface area contributed by atoms with Gasteiger partial charge in [-0.05, 0) is 46.5 Å². The molecule has 222 valence electrons. The summed E-state index contributed by atoms with van der Waals surface area (Å²) in [6.45, 7) is 0. The van der Waals surface area contributed by atoms with Crippen molar-refractivity contribution in [2.45, 2.75) is 0 Å². The van der Waals surface area contributed by atoms with Gasteiger partial charge < -0.3 is 4.42 Å². The van der Waals surface area contributed by atoms with Gasteiger partial charge in [-0.25, -0.2) is 15.0 Å². The van der Waals surface area contributed by atoms with Crippen LogP contribution >= 0.6 is 0 Å². The first-order valence-corrected chi connectivity index (χ1v) is 16.4. The molecule has 0 unspecified atom stereocenters. The molecule has 0 aliphatic heterocycles. The average Bonchev–Trinajstić information content (AvgIpc) is 3.52. The maximum absolute atomic E-state index is 6.32. The van der Waals surface area contributed by atoms with Gasteiger partial charge in [-0.2, -0.15) is 0 Å². The Bertz CT molecular complexity index is 2470. The zero-order valence-corrected chi connectivity index (χ0v) is 27.8. The minimum Gasteiger partial charge on any atom is -0.456 e. The van der Waals surface area contributed by atoms with Gasteiger partial charge in [-0.3, -0.25) is 0 Å². The van der Waals surface area contributed by atoms with Crippen LogP contribution in [0.2, 0.25) is 0 Å². The van der Waals surface area contributed by atoms with Crippen molar-refractivity contribution in [2.24, 2.45) is 0 Å². The minimum absolute atomic E-state index is 0.618. The lowest BCUT2D eigenvalue weighted by molar-refractivity contribution is 0.669. The van der Waals surface area contributed by atoms with Crippen LogP contribution in [0.3, 0.4) is 0 Å². The van der Waals surface area contributed by atoms with Gasteiger partial charge in [-0.15, -0.1) is 16.4 Å². The molecule has 0 amide bonds. The highest BCUT2D eigenvalue weighted by molar-refractivity contribution is 6.68. The Kier molecular flexibility index (Phi) is 7.41. The quantitative estimate of drug-likeness (QED) is 0.277. The van der Waals surface area contributed by atoms with Crippen LogP contribution in [0.4, 0.5) is 0 Å². The highest BCUT2D eigenvalue weighted by atomic mass is 16.3. The molecule has 48 heavy (non-hydrogen) atoms. The third-order valence-electron chi connectivity index (χ3n) is 9.94. The molecule has 0 radical (unpaired) electrons. The molecule has 6 aromatic carbocycles. The zero-order chi connectivity index (χ0) is 32.9. The van der Waals surface area contributed by atoms with E-state index in [1.807, 2.05) is 60.7 Å². The fourth-order valence-corrected chi connectivity index (χ4v) is 6.89. The Labute approximate surface area is 284 Å². The van der Waals surface area contributed by atoms with Gasteiger partial charge in [-0.1, -0.05) is 108 Å². The summed E-state index contributed by atoms with van der Waals surface area (Å²) in [6, 6.07) is 41.6. The predicted molar refractivity (Wildman–Crippen MR) is 215 cm³/mol. The van der Waals surface area contributed by atoms with E-state index in [1.165, 1.54) is 38.4 Å². The molecule has 0 aliphatic carbocycles. The molecule has 0 saturated heterocycles. The zero-order valence-electron chi connectivity index (χ0n) is 27.8. The topological polar surface area (TPSA) is 51.8 Å². The monoisotopic (exact) mass is 611 g/mol. The molecule has 0 bridgehead atoms. The third kappa shape index (κ3) is 5.07. The molecule has 0 aliphatic rings. The second-order valence-corrected chi connectivity index (χ2v) is 12.6. The van der Waals surface area contributed by atoms with Crippen molar-refractivity contribution in [3.05, 3.63) is 121 Å². The Morgan fingerprint density at radius 3 is 1.52 bits per heavy atom. The Balaban J connectivity index is 1.28. The van der Waals surface area contributed by atoms with Crippen LogP contribution in [-0.2, 0) is 0 Å². The molecule has 0 saturated carbocycles. The van der Waals surface area contributed by atoms with Gasteiger partial charge in [0.25, 0.3) is 0 Å². The normalized spacial score (nSPS) is 11.3. The van der Waals surface area contributed by atoms with Gasteiger partial charge >= 0.3 is 0 Å². The van der Waals surface area contributed by atoms with Gasteiger partial charge in [0.05, 0.1) is 0 Å². The minimum atomic E-state index is 0.618. The lowest BCUT2D eigenvalue weighted by atomic mass is 9.59. The van der Waals surface area contributed by atoms with Crippen molar-refractivity contribution >= 4 is 88.5 Å². The van der Waals surface area contributed by atoms with E-state index < -0.39 is 0 Å². The van der Waals surface area contributed by atoms with E-state index in [0.29, 0.717) is 17.5 Å². The predicted octanol–water partition coefficient (Wildman–Crippen LogP) is 1.40. The second-order valence-electron chi connectivity index (χ2n) is 12.6. The van der Waals surface area contributed by atoms with Gasteiger partial charge in [0, 0.05) is 27.5 Å². The number of rotatable bonds is 5. The Hall–Kier alpha value is -5.55. The molecule has 0 fully saturated rings. The number of furan rings is 1. The summed E-state index contributed by atoms with van der Waals surface area (Å²) in [5.41, 5.74) is 16.0. The fraction of sp³-hybridized carbons (Fsp3) is 0. The number of benzene rings is 6. The summed E-state index contributed by atoms with van der Waals surface area (Å²) in [4.78, 5) is 15.1. The molecule has 2 aromatic heterocycles. The van der Waals surface area contributed by atoms with E-state index in [-0.39, 0.29) is 0 Å². The maximum atomic E-state index is 6.32. The van der Waals surface area contributed by atoms with Crippen molar-refractivity contribution in [1.29, 1.82) is 0 Å². The highest BCUT2D eigenvalue weighted by Gasteiger charge is 2.18. The van der Waals surface area contributed by atoms with Crippen molar-refractivity contribution in [1.82, 2.24) is 15.0 Å². The molecule has 8 aromatic rings. The largest absolute Gasteiger partial charge is 0.456 e. The van der Waals surface area contributed by atoms with Crippen molar-refractivity contribution in [3.8, 4) is 56.4 Å². The lowest BCUT2D eigenvalue weighted by Gasteiger charge is -2.20. The molecule has 8 rings (SSSR count). The van der Waals surface area contributed by atoms with Crippen molar-refractivity contribution in [2.75, 3.05) is 0 Å². The summed E-state index contributed by atoms with van der Waals surface area (Å²) in [6.07, 6.45) is 0. The fourth-order valence-electron chi connectivity index (χ4n) is 6.89. The molecule has 2 heterocycles. The summed E-state index contributed by atoms with van der Waals surface area (Å²) in [7, 11) is 11.1. The van der Waals surface area contributed by atoms with Crippen LogP contribution in [-0.4, -0.2) is 54.2 Å². The lowest BCUT2D eigenvalue weighted by Crippen LogP contribution is -2.55. The van der Waals surface area contributed by atoms with Gasteiger partial charge in [0.15, 0.2) is 17.5 Å². The Morgan fingerprint density at radius 1 is 0.396 bits per heavy atom. The SMILES string of the molecule is Bc1c(B)c(B)c(-c2ccc(-c3nc(-c4ccccc4)nc(-c4ccc5oc6cccc(-c7ccccc7)c6c5c4)n3)cc2)c(B)c1B. The Morgan fingerprint density at radius 2 is 0.896 bits per heavy atom. The number of nitrogens with zero attached hydrogens (tertiary/aromatic N) is 3. The number of fused-ring (bicyclic) bond motifs is 3. The first kappa shape index (κ1) is 29.8.